The minimum Gasteiger partial charge on any atom is -0.448 e. The van der Waals surface area contributed by atoms with E-state index < -0.39 is 12.2 Å². The summed E-state index contributed by atoms with van der Waals surface area (Å²) in [6, 6.07) is 7.56. The van der Waals surface area contributed by atoms with Crippen LogP contribution in [-0.2, 0) is 9.47 Å². The molecule has 0 unspecified atom stereocenters. The first-order chi connectivity index (χ1) is 12.0. The molecule has 0 aliphatic carbocycles. The van der Waals surface area contributed by atoms with Crippen molar-refractivity contribution < 1.29 is 19.1 Å². The summed E-state index contributed by atoms with van der Waals surface area (Å²) in [5, 5.41) is 2.32. The number of aliphatic imine (C=N–C) groups is 1. The Morgan fingerprint density at radius 1 is 1.04 bits per heavy atom. The van der Waals surface area contributed by atoms with E-state index in [9.17, 15) is 9.59 Å². The molecule has 25 heavy (non-hydrogen) atoms. The Kier molecular flexibility index (Phi) is 6.16. The van der Waals surface area contributed by atoms with E-state index in [0.717, 1.165) is 16.1 Å². The molecule has 2 amide bonds. The van der Waals surface area contributed by atoms with Crippen molar-refractivity contribution in [2.75, 3.05) is 19.8 Å². The maximum Gasteiger partial charge on any atom is 0.435 e. The molecular formula is C18H23N3O4. The number of nitrogens with zero attached hydrogens (tertiary/aromatic N) is 3. The number of carbonyl (C=O) groups excluding carboxylic acids is 2. The number of hydrogen-bond acceptors (Lipinski definition) is 5. The largest absolute Gasteiger partial charge is 0.448 e. The molecule has 7 heteroatoms. The van der Waals surface area contributed by atoms with Gasteiger partial charge in [0.2, 0.25) is 0 Å². The molecule has 1 aromatic carbocycles. The van der Waals surface area contributed by atoms with Crippen molar-refractivity contribution in [2.24, 2.45) is 4.99 Å². The van der Waals surface area contributed by atoms with Crippen LogP contribution < -0.4 is 0 Å². The van der Waals surface area contributed by atoms with Gasteiger partial charge < -0.3 is 9.47 Å². The van der Waals surface area contributed by atoms with Crippen LogP contribution in [0, 0.1) is 6.92 Å². The molecule has 134 valence electrons. The number of carbonyl (C=O) groups is 2. The third-order valence-corrected chi connectivity index (χ3v) is 3.55. The number of hydrazine groups is 1. The topological polar surface area (TPSA) is 71.4 Å². The lowest BCUT2D eigenvalue weighted by molar-refractivity contribution is 0.0220. The first-order valence-electron chi connectivity index (χ1n) is 8.21. The molecule has 1 aliphatic heterocycles. The molecule has 0 atom stereocenters. The molecule has 7 nitrogen and oxygen atoms in total. The highest BCUT2D eigenvalue weighted by Gasteiger charge is 2.35. The summed E-state index contributed by atoms with van der Waals surface area (Å²) < 4.78 is 10.1. The first kappa shape index (κ1) is 18.5. The Balaban J connectivity index is 2.46. The van der Waals surface area contributed by atoms with E-state index in [0.29, 0.717) is 11.5 Å². The number of benzene rings is 1. The molecule has 0 saturated heterocycles. The van der Waals surface area contributed by atoms with E-state index in [1.807, 2.05) is 44.2 Å². The third-order valence-electron chi connectivity index (χ3n) is 3.55. The van der Waals surface area contributed by atoms with E-state index in [2.05, 4.69) is 4.99 Å². The predicted molar refractivity (Wildman–Crippen MR) is 94.6 cm³/mol. The normalized spacial score (nSPS) is 15.8. The number of ether oxygens (including phenoxy) is 2. The summed E-state index contributed by atoms with van der Waals surface area (Å²) in [6.07, 6.45) is 0.518. The van der Waals surface area contributed by atoms with Crippen molar-refractivity contribution in [3.8, 4) is 0 Å². The van der Waals surface area contributed by atoms with Crippen LogP contribution >= 0.6 is 0 Å². The number of aryl methyl sites for hydroxylation is 1. The van der Waals surface area contributed by atoms with Gasteiger partial charge in [-0.15, -0.1) is 0 Å². The van der Waals surface area contributed by atoms with Crippen molar-refractivity contribution in [2.45, 2.75) is 27.7 Å². The van der Waals surface area contributed by atoms with Gasteiger partial charge in [0.15, 0.2) is 5.84 Å². The maximum absolute atomic E-state index is 12.5. The molecule has 1 aliphatic rings. The molecular weight excluding hydrogens is 322 g/mol. The monoisotopic (exact) mass is 345 g/mol. The fourth-order valence-corrected chi connectivity index (χ4v) is 2.28. The molecule has 0 spiro atoms. The highest BCUT2D eigenvalue weighted by molar-refractivity contribution is 6.08. The summed E-state index contributed by atoms with van der Waals surface area (Å²) in [5.41, 5.74) is 2.55. The molecule has 0 N–H and O–H groups in total. The number of hydrogen-bond donors (Lipinski definition) is 0. The van der Waals surface area contributed by atoms with Gasteiger partial charge in [-0.25, -0.2) is 19.6 Å². The first-order valence-corrected chi connectivity index (χ1v) is 8.21. The molecule has 0 saturated carbocycles. The lowest BCUT2D eigenvalue weighted by Gasteiger charge is -2.36. The minimum absolute atomic E-state index is 0.187. The fourth-order valence-electron chi connectivity index (χ4n) is 2.28. The van der Waals surface area contributed by atoms with Crippen molar-refractivity contribution in [3.05, 3.63) is 41.5 Å². The zero-order valence-corrected chi connectivity index (χ0v) is 15.0. The average molecular weight is 345 g/mol. The SMILES string of the molecule is CCOC(=O)N1CC=C(C)C(=Nc2ccc(C)cc2)N1C(=O)OCC. The Hall–Kier alpha value is -2.83. The molecule has 0 radical (unpaired) electrons. The summed E-state index contributed by atoms with van der Waals surface area (Å²) in [7, 11) is 0. The molecule has 0 fully saturated rings. The summed E-state index contributed by atoms with van der Waals surface area (Å²) in [6.45, 7) is 7.83. The second-order valence-corrected chi connectivity index (χ2v) is 5.45. The average Bonchev–Trinajstić information content (AvgIpc) is 2.58. The van der Waals surface area contributed by atoms with Crippen molar-refractivity contribution >= 4 is 23.7 Å². The van der Waals surface area contributed by atoms with E-state index in [-0.39, 0.29) is 19.8 Å². The van der Waals surface area contributed by atoms with Crippen LogP contribution in [0.25, 0.3) is 0 Å². The molecule has 0 bridgehead atoms. The molecule has 0 aromatic heterocycles. The van der Waals surface area contributed by atoms with Crippen molar-refractivity contribution in [1.29, 1.82) is 0 Å². The predicted octanol–water partition coefficient (Wildman–Crippen LogP) is 3.82. The second kappa shape index (κ2) is 8.32. The van der Waals surface area contributed by atoms with E-state index in [1.165, 1.54) is 5.01 Å². The van der Waals surface area contributed by atoms with Gasteiger partial charge in [0, 0.05) is 0 Å². The highest BCUT2D eigenvalue weighted by atomic mass is 16.6. The summed E-state index contributed by atoms with van der Waals surface area (Å²) in [5.74, 6) is 0.335. The lowest BCUT2D eigenvalue weighted by Crippen LogP contribution is -2.55. The molecule has 2 rings (SSSR count). The Morgan fingerprint density at radius 2 is 1.64 bits per heavy atom. The van der Waals surface area contributed by atoms with Gasteiger partial charge in [-0.3, -0.25) is 0 Å². The van der Waals surface area contributed by atoms with Crippen molar-refractivity contribution in [3.63, 3.8) is 0 Å². The van der Waals surface area contributed by atoms with Crippen LogP contribution in [0.5, 0.6) is 0 Å². The second-order valence-electron chi connectivity index (χ2n) is 5.45. The number of rotatable bonds is 3. The van der Waals surface area contributed by atoms with Gasteiger partial charge in [-0.1, -0.05) is 23.8 Å². The molecule has 1 aromatic rings. The van der Waals surface area contributed by atoms with E-state index >= 15 is 0 Å². The van der Waals surface area contributed by atoms with Gasteiger partial charge in [0.25, 0.3) is 0 Å². The summed E-state index contributed by atoms with van der Waals surface area (Å²) >= 11 is 0. The fraction of sp³-hybridized carbons (Fsp3) is 0.389. The van der Waals surface area contributed by atoms with Crippen LogP contribution in [0.4, 0.5) is 15.3 Å². The standard InChI is InChI=1S/C18H23N3O4/c1-5-24-17(22)20-12-11-14(4)16(21(20)18(23)25-6-2)19-15-9-7-13(3)8-10-15/h7-11H,5-6,12H2,1-4H3. The Morgan fingerprint density at radius 3 is 2.24 bits per heavy atom. The van der Waals surface area contributed by atoms with Gasteiger partial charge >= 0.3 is 12.2 Å². The Labute approximate surface area is 147 Å². The number of amides is 2. The number of amidine groups is 1. The van der Waals surface area contributed by atoms with Crippen LogP contribution in [0.15, 0.2) is 40.9 Å². The summed E-state index contributed by atoms with van der Waals surface area (Å²) in [4.78, 5) is 29.2. The maximum atomic E-state index is 12.5. The third kappa shape index (κ3) is 4.37. The Bertz CT molecular complexity index is 695. The quantitative estimate of drug-likeness (QED) is 0.835. The highest BCUT2D eigenvalue weighted by Crippen LogP contribution is 2.21. The van der Waals surface area contributed by atoms with Gasteiger partial charge in [0.1, 0.15) is 0 Å². The molecule has 1 heterocycles. The van der Waals surface area contributed by atoms with Crippen LogP contribution in [0.2, 0.25) is 0 Å². The lowest BCUT2D eigenvalue weighted by atomic mass is 10.2. The van der Waals surface area contributed by atoms with Crippen LogP contribution in [0.1, 0.15) is 26.3 Å². The van der Waals surface area contributed by atoms with Crippen molar-refractivity contribution in [1.82, 2.24) is 10.0 Å². The van der Waals surface area contributed by atoms with Gasteiger partial charge in [-0.2, -0.15) is 5.01 Å². The van der Waals surface area contributed by atoms with Crippen LogP contribution in [-0.4, -0.2) is 47.8 Å². The smallest absolute Gasteiger partial charge is 0.435 e. The van der Waals surface area contributed by atoms with E-state index in [1.54, 1.807) is 13.8 Å². The van der Waals surface area contributed by atoms with Gasteiger partial charge in [0.05, 0.1) is 25.4 Å². The van der Waals surface area contributed by atoms with Crippen LogP contribution in [0.3, 0.4) is 0 Å². The minimum atomic E-state index is -0.672. The zero-order chi connectivity index (χ0) is 18.4. The zero-order valence-electron chi connectivity index (χ0n) is 15.0. The van der Waals surface area contributed by atoms with Gasteiger partial charge in [-0.05, 0) is 45.4 Å². The van der Waals surface area contributed by atoms with E-state index in [4.69, 9.17) is 9.47 Å².